The van der Waals surface area contributed by atoms with Gasteiger partial charge in [0.1, 0.15) is 11.5 Å². The minimum atomic E-state index is -0.310. The van der Waals surface area contributed by atoms with Crippen molar-refractivity contribution in [2.24, 2.45) is 0 Å². The minimum Gasteiger partial charge on any atom is -0.507 e. The van der Waals surface area contributed by atoms with E-state index in [4.69, 9.17) is 27.9 Å². The number of unbranched alkanes of at least 4 members (excludes halogenated alkanes) is 15. The van der Waals surface area contributed by atoms with Crippen LogP contribution in [0.3, 0.4) is 0 Å². The molecule has 36 heavy (non-hydrogen) atoms. The minimum absolute atomic E-state index is 0.101. The van der Waals surface area contributed by atoms with Crippen molar-refractivity contribution >= 4 is 29.0 Å². The summed E-state index contributed by atoms with van der Waals surface area (Å²) in [5.74, 6) is 0.158. The summed E-state index contributed by atoms with van der Waals surface area (Å²) in [7, 11) is 0. The first-order valence-corrected chi connectivity index (χ1v) is 14.7. The number of halogens is 2. The standard InChI is InChI=1S/C31H44Cl2O3/c1-2-3-4-5-6-7-8-9-10-11-12-13-14-15-16-17-22-36-26-19-20-27(30(34)24-26)31(35)25-18-21-28(32)29(33)23-25/h18-21,23-24,34H,2-17,22H2,1H3. The zero-order valence-electron chi connectivity index (χ0n) is 22.0. The fourth-order valence-electron chi connectivity index (χ4n) is 4.43. The van der Waals surface area contributed by atoms with Gasteiger partial charge in [-0.2, -0.15) is 0 Å². The van der Waals surface area contributed by atoms with Crippen molar-refractivity contribution in [2.75, 3.05) is 6.61 Å². The van der Waals surface area contributed by atoms with Gasteiger partial charge in [0.2, 0.25) is 0 Å². The molecule has 1 N–H and O–H groups in total. The van der Waals surface area contributed by atoms with E-state index in [9.17, 15) is 9.90 Å². The third-order valence-corrected chi connectivity index (χ3v) is 7.40. The molecule has 2 aromatic carbocycles. The van der Waals surface area contributed by atoms with E-state index in [1.807, 2.05) is 0 Å². The summed E-state index contributed by atoms with van der Waals surface area (Å²) in [5, 5.41) is 11.0. The second kappa shape index (κ2) is 18.5. The van der Waals surface area contributed by atoms with Crippen molar-refractivity contribution in [3.63, 3.8) is 0 Å². The largest absolute Gasteiger partial charge is 0.507 e. The lowest BCUT2D eigenvalue weighted by molar-refractivity contribution is 0.103. The van der Waals surface area contributed by atoms with Gasteiger partial charge in [-0.05, 0) is 36.8 Å². The lowest BCUT2D eigenvalue weighted by atomic mass is 10.0. The van der Waals surface area contributed by atoms with Crippen LogP contribution in [0.1, 0.15) is 126 Å². The highest BCUT2D eigenvalue weighted by atomic mass is 35.5. The molecule has 0 bridgehead atoms. The Kier molecular flexibility index (Phi) is 15.7. The molecule has 0 saturated carbocycles. The van der Waals surface area contributed by atoms with Crippen LogP contribution in [0.2, 0.25) is 10.0 Å². The molecule has 0 radical (unpaired) electrons. The van der Waals surface area contributed by atoms with Crippen molar-refractivity contribution in [3.8, 4) is 11.5 Å². The number of phenols is 1. The summed E-state index contributed by atoms with van der Waals surface area (Å²) in [6, 6.07) is 9.48. The molecule has 0 aromatic heterocycles. The SMILES string of the molecule is CCCCCCCCCCCCCCCCCCOc1ccc(C(=O)c2ccc(Cl)c(Cl)c2)c(O)c1. The zero-order chi connectivity index (χ0) is 26.0. The summed E-state index contributed by atoms with van der Waals surface area (Å²) < 4.78 is 5.77. The number of phenolic OH excluding ortho intramolecular Hbond substituents is 1. The van der Waals surface area contributed by atoms with Gasteiger partial charge in [-0.1, -0.05) is 126 Å². The van der Waals surface area contributed by atoms with E-state index in [0.29, 0.717) is 28.0 Å². The summed E-state index contributed by atoms with van der Waals surface area (Å²) in [4.78, 5) is 12.7. The predicted molar refractivity (Wildman–Crippen MR) is 153 cm³/mol. The Labute approximate surface area is 228 Å². The Morgan fingerprint density at radius 3 is 1.72 bits per heavy atom. The molecule has 0 spiro atoms. The number of hydrogen-bond acceptors (Lipinski definition) is 3. The summed E-state index contributed by atoms with van der Waals surface area (Å²) in [6.07, 6.45) is 21.4. The van der Waals surface area contributed by atoms with Crippen LogP contribution in [0.25, 0.3) is 0 Å². The molecular weight excluding hydrogens is 491 g/mol. The van der Waals surface area contributed by atoms with Crippen LogP contribution in [-0.2, 0) is 0 Å². The third-order valence-electron chi connectivity index (χ3n) is 6.66. The van der Waals surface area contributed by atoms with Gasteiger partial charge in [-0.15, -0.1) is 0 Å². The van der Waals surface area contributed by atoms with E-state index >= 15 is 0 Å². The molecule has 0 fully saturated rings. The summed E-state index contributed by atoms with van der Waals surface area (Å²) in [6.45, 7) is 2.88. The molecule has 2 rings (SSSR count). The van der Waals surface area contributed by atoms with Gasteiger partial charge in [0.05, 0.1) is 22.2 Å². The van der Waals surface area contributed by atoms with Crippen LogP contribution >= 0.6 is 23.2 Å². The molecule has 0 unspecified atom stereocenters. The van der Waals surface area contributed by atoms with Crippen LogP contribution in [-0.4, -0.2) is 17.5 Å². The molecule has 2 aromatic rings. The summed E-state index contributed by atoms with van der Waals surface area (Å²) >= 11 is 11.9. The number of aromatic hydroxyl groups is 1. The quantitative estimate of drug-likeness (QED) is 0.135. The molecule has 3 nitrogen and oxygen atoms in total. The highest BCUT2D eigenvalue weighted by molar-refractivity contribution is 6.42. The Balaban J connectivity index is 1.49. The molecule has 0 aliphatic heterocycles. The van der Waals surface area contributed by atoms with Gasteiger partial charge in [0.25, 0.3) is 0 Å². The van der Waals surface area contributed by atoms with Crippen LogP contribution in [0.15, 0.2) is 36.4 Å². The predicted octanol–water partition coefficient (Wildman–Crippen LogP) is 10.6. The van der Waals surface area contributed by atoms with Gasteiger partial charge in [0, 0.05) is 11.6 Å². The summed E-state index contributed by atoms with van der Waals surface area (Å²) in [5.41, 5.74) is 0.588. The Morgan fingerprint density at radius 2 is 1.22 bits per heavy atom. The fraction of sp³-hybridized carbons (Fsp3) is 0.581. The second-order valence-electron chi connectivity index (χ2n) is 9.79. The van der Waals surface area contributed by atoms with Crippen molar-refractivity contribution in [1.29, 1.82) is 0 Å². The van der Waals surface area contributed by atoms with Gasteiger partial charge in [0.15, 0.2) is 5.78 Å². The normalized spacial score (nSPS) is 11.1. The third kappa shape index (κ3) is 12.0. The average molecular weight is 536 g/mol. The molecule has 0 aliphatic carbocycles. The van der Waals surface area contributed by atoms with Gasteiger partial charge >= 0.3 is 0 Å². The number of rotatable bonds is 20. The van der Waals surface area contributed by atoms with E-state index in [1.165, 1.54) is 102 Å². The fourth-order valence-corrected chi connectivity index (χ4v) is 4.72. The molecule has 5 heteroatoms. The number of carbonyl (C=O) groups is 1. The van der Waals surface area contributed by atoms with Gasteiger partial charge in [-0.25, -0.2) is 0 Å². The Bertz CT molecular complexity index is 897. The maximum Gasteiger partial charge on any atom is 0.196 e. The number of ether oxygens (including phenoxy) is 1. The highest BCUT2D eigenvalue weighted by Gasteiger charge is 2.15. The van der Waals surface area contributed by atoms with Crippen molar-refractivity contribution < 1.29 is 14.6 Å². The Morgan fingerprint density at radius 1 is 0.694 bits per heavy atom. The molecule has 0 atom stereocenters. The number of benzene rings is 2. The molecule has 0 amide bonds. The number of carbonyl (C=O) groups excluding carboxylic acids is 1. The zero-order valence-corrected chi connectivity index (χ0v) is 23.5. The molecule has 0 aliphatic rings. The maximum atomic E-state index is 12.7. The monoisotopic (exact) mass is 534 g/mol. The van der Waals surface area contributed by atoms with E-state index in [1.54, 1.807) is 24.3 Å². The number of hydrogen-bond donors (Lipinski definition) is 1. The number of ketones is 1. The van der Waals surface area contributed by atoms with Crippen LogP contribution < -0.4 is 4.74 Å². The van der Waals surface area contributed by atoms with Crippen LogP contribution in [0.4, 0.5) is 0 Å². The molecule has 200 valence electrons. The first-order chi connectivity index (χ1) is 17.5. The van der Waals surface area contributed by atoms with Gasteiger partial charge in [-0.3, -0.25) is 4.79 Å². The van der Waals surface area contributed by atoms with E-state index < -0.39 is 0 Å². The van der Waals surface area contributed by atoms with E-state index in [0.717, 1.165) is 12.8 Å². The first kappa shape index (κ1) is 30.5. The topological polar surface area (TPSA) is 46.5 Å². The van der Waals surface area contributed by atoms with Crippen molar-refractivity contribution in [2.45, 2.75) is 110 Å². The lowest BCUT2D eigenvalue weighted by Gasteiger charge is -2.09. The van der Waals surface area contributed by atoms with Crippen LogP contribution in [0.5, 0.6) is 11.5 Å². The highest BCUT2D eigenvalue weighted by Crippen LogP contribution is 2.29. The average Bonchev–Trinajstić information content (AvgIpc) is 2.87. The lowest BCUT2D eigenvalue weighted by Crippen LogP contribution is -2.03. The second-order valence-corrected chi connectivity index (χ2v) is 10.6. The van der Waals surface area contributed by atoms with Gasteiger partial charge < -0.3 is 9.84 Å². The smallest absolute Gasteiger partial charge is 0.196 e. The van der Waals surface area contributed by atoms with E-state index in [2.05, 4.69) is 6.92 Å². The molecular formula is C31H44Cl2O3. The van der Waals surface area contributed by atoms with Crippen molar-refractivity contribution in [1.82, 2.24) is 0 Å². The molecule has 0 saturated heterocycles. The Hall–Kier alpha value is -1.71. The first-order valence-electron chi connectivity index (χ1n) is 14.0. The van der Waals surface area contributed by atoms with Crippen LogP contribution in [0, 0.1) is 0 Å². The van der Waals surface area contributed by atoms with Crippen molar-refractivity contribution in [3.05, 3.63) is 57.6 Å². The maximum absolute atomic E-state index is 12.7. The molecule has 0 heterocycles. The van der Waals surface area contributed by atoms with E-state index in [-0.39, 0.29) is 17.1 Å².